The summed E-state index contributed by atoms with van der Waals surface area (Å²) in [5, 5.41) is 9.86. The molecule has 1 aromatic rings. The summed E-state index contributed by atoms with van der Waals surface area (Å²) < 4.78 is 13.7. The summed E-state index contributed by atoms with van der Waals surface area (Å²) in [6.07, 6.45) is 0.424. The maximum atomic E-state index is 13.7. The highest BCUT2D eigenvalue weighted by atomic mass is 35.5. The van der Waals surface area contributed by atoms with Gasteiger partial charge in [0.1, 0.15) is 5.82 Å². The van der Waals surface area contributed by atoms with Crippen LogP contribution in [-0.2, 0) is 0 Å². The molecule has 0 saturated carbocycles. The number of nitrogens with two attached hydrogens (primary N) is 1. The minimum atomic E-state index is -0.855. The molecule has 0 unspecified atom stereocenters. The van der Waals surface area contributed by atoms with Gasteiger partial charge in [-0.1, -0.05) is 36.5 Å². The molecule has 1 rings (SSSR count). The molecule has 17 heavy (non-hydrogen) atoms. The first-order chi connectivity index (χ1) is 7.49. The van der Waals surface area contributed by atoms with Crippen LogP contribution in [0.15, 0.2) is 12.1 Å². The third kappa shape index (κ3) is 3.97. The van der Waals surface area contributed by atoms with Crippen molar-refractivity contribution in [3.63, 3.8) is 0 Å². The smallest absolute Gasteiger partial charge is 0.148 e. The fourth-order valence-corrected chi connectivity index (χ4v) is 1.95. The maximum Gasteiger partial charge on any atom is 0.148 e. The van der Waals surface area contributed by atoms with E-state index in [-0.39, 0.29) is 28.0 Å². The second kappa shape index (κ2) is 7.39. The van der Waals surface area contributed by atoms with E-state index in [1.54, 1.807) is 0 Å². The van der Waals surface area contributed by atoms with Gasteiger partial charge in [0.15, 0.2) is 0 Å². The van der Waals surface area contributed by atoms with E-state index >= 15 is 0 Å². The third-order valence-corrected chi connectivity index (χ3v) is 3.03. The van der Waals surface area contributed by atoms with Crippen LogP contribution >= 0.6 is 35.6 Å². The van der Waals surface area contributed by atoms with Crippen molar-refractivity contribution in [1.82, 2.24) is 0 Å². The Hall–Kier alpha value is -0.0600. The average Bonchev–Trinajstić information content (AvgIpc) is 2.24. The van der Waals surface area contributed by atoms with Gasteiger partial charge in [-0.25, -0.2) is 4.39 Å². The van der Waals surface area contributed by atoms with Crippen LogP contribution in [0.1, 0.15) is 31.4 Å². The number of hydrogen-bond donors (Lipinski definition) is 2. The Kier molecular flexibility index (Phi) is 7.37. The van der Waals surface area contributed by atoms with E-state index in [1.807, 2.05) is 6.92 Å². The summed E-state index contributed by atoms with van der Waals surface area (Å²) in [6, 6.07) is 1.98. The highest BCUT2D eigenvalue weighted by Crippen LogP contribution is 2.31. The minimum absolute atomic E-state index is 0. The van der Waals surface area contributed by atoms with Gasteiger partial charge in [-0.3, -0.25) is 0 Å². The minimum Gasteiger partial charge on any atom is -0.391 e. The molecule has 0 aliphatic heterocycles. The lowest BCUT2D eigenvalue weighted by atomic mass is 9.98. The molecular weight excluding hydrogens is 287 g/mol. The summed E-state index contributed by atoms with van der Waals surface area (Å²) in [4.78, 5) is 0. The van der Waals surface area contributed by atoms with Gasteiger partial charge < -0.3 is 10.8 Å². The first-order valence-electron chi connectivity index (χ1n) is 5.06. The predicted molar refractivity (Wildman–Crippen MR) is 71.5 cm³/mol. The Morgan fingerprint density at radius 2 is 1.88 bits per heavy atom. The number of aliphatic hydroxyl groups excluding tert-OH is 1. The van der Waals surface area contributed by atoms with Gasteiger partial charge in [-0.15, -0.1) is 12.4 Å². The second-order valence-corrected chi connectivity index (χ2v) is 4.45. The van der Waals surface area contributed by atoms with Crippen molar-refractivity contribution in [2.75, 3.05) is 0 Å². The lowest BCUT2D eigenvalue weighted by Gasteiger charge is -2.20. The van der Waals surface area contributed by atoms with Crippen LogP contribution in [0.25, 0.3) is 0 Å². The van der Waals surface area contributed by atoms with Crippen molar-refractivity contribution >= 4 is 35.6 Å². The molecule has 0 spiro atoms. The van der Waals surface area contributed by atoms with Crippen molar-refractivity contribution in [3.8, 4) is 0 Å². The normalized spacial score (nSPS) is 14.0. The molecule has 0 aliphatic rings. The molecule has 0 aromatic heterocycles. The molecule has 0 saturated heterocycles. The van der Waals surface area contributed by atoms with Crippen molar-refractivity contribution in [3.05, 3.63) is 33.6 Å². The van der Waals surface area contributed by atoms with E-state index in [1.165, 1.54) is 12.1 Å². The topological polar surface area (TPSA) is 46.2 Å². The third-order valence-electron chi connectivity index (χ3n) is 2.41. The number of hydrogen-bond acceptors (Lipinski definition) is 2. The van der Waals surface area contributed by atoms with Gasteiger partial charge in [0, 0.05) is 10.6 Å². The highest BCUT2D eigenvalue weighted by molar-refractivity contribution is 6.33. The molecule has 3 N–H and O–H groups in total. The molecule has 0 radical (unpaired) electrons. The van der Waals surface area contributed by atoms with Gasteiger partial charge >= 0.3 is 0 Å². The molecule has 0 amide bonds. The van der Waals surface area contributed by atoms with E-state index in [2.05, 4.69) is 0 Å². The highest BCUT2D eigenvalue weighted by Gasteiger charge is 2.23. The van der Waals surface area contributed by atoms with E-state index < -0.39 is 18.0 Å². The summed E-state index contributed by atoms with van der Waals surface area (Å²) >= 11 is 11.5. The number of benzene rings is 1. The van der Waals surface area contributed by atoms with Crippen molar-refractivity contribution < 1.29 is 9.50 Å². The van der Waals surface area contributed by atoms with Crippen LogP contribution < -0.4 is 5.73 Å². The zero-order chi connectivity index (χ0) is 12.3. The van der Waals surface area contributed by atoms with E-state index in [9.17, 15) is 9.50 Å². The molecule has 2 nitrogen and oxygen atoms in total. The quantitative estimate of drug-likeness (QED) is 0.833. The molecule has 0 aliphatic carbocycles. The van der Waals surface area contributed by atoms with Crippen molar-refractivity contribution in [2.45, 2.75) is 31.9 Å². The van der Waals surface area contributed by atoms with Gasteiger partial charge in [0.2, 0.25) is 0 Å². The van der Waals surface area contributed by atoms with Gasteiger partial charge in [-0.05, 0) is 18.6 Å². The zero-order valence-corrected chi connectivity index (χ0v) is 11.6. The van der Waals surface area contributed by atoms with Crippen molar-refractivity contribution in [2.24, 2.45) is 5.73 Å². The lowest BCUT2D eigenvalue weighted by Crippen LogP contribution is -2.27. The van der Waals surface area contributed by atoms with Crippen LogP contribution in [0.5, 0.6) is 0 Å². The molecule has 0 fully saturated rings. The largest absolute Gasteiger partial charge is 0.391 e. The predicted octanol–water partition coefficient (Wildman–Crippen LogP) is 3.72. The Balaban J connectivity index is 0.00000256. The zero-order valence-electron chi connectivity index (χ0n) is 9.29. The molecule has 1 aromatic carbocycles. The van der Waals surface area contributed by atoms with Crippen LogP contribution in [0.4, 0.5) is 4.39 Å². The van der Waals surface area contributed by atoms with Crippen LogP contribution in [0.2, 0.25) is 10.0 Å². The van der Waals surface area contributed by atoms with Gasteiger partial charge in [0.25, 0.3) is 0 Å². The molecule has 2 atom stereocenters. The molecule has 98 valence electrons. The molecule has 6 heteroatoms. The Morgan fingerprint density at radius 3 is 2.41 bits per heavy atom. The number of aliphatic hydroxyl groups is 1. The summed E-state index contributed by atoms with van der Waals surface area (Å²) in [5.74, 6) is -0.656. The molecular formula is C11H15Cl3FNO. The second-order valence-electron chi connectivity index (χ2n) is 3.64. The first kappa shape index (κ1) is 16.9. The van der Waals surface area contributed by atoms with Gasteiger partial charge in [-0.2, -0.15) is 0 Å². The van der Waals surface area contributed by atoms with E-state index in [0.29, 0.717) is 6.42 Å². The number of rotatable bonds is 4. The fourth-order valence-electron chi connectivity index (χ4n) is 1.52. The fraction of sp³-hybridized carbons (Fsp3) is 0.455. The van der Waals surface area contributed by atoms with E-state index in [4.69, 9.17) is 28.9 Å². The summed E-state index contributed by atoms with van der Waals surface area (Å²) in [6.45, 7) is 1.91. The maximum absolute atomic E-state index is 13.7. The lowest BCUT2D eigenvalue weighted by molar-refractivity contribution is 0.133. The van der Waals surface area contributed by atoms with Crippen LogP contribution in [0, 0.1) is 5.82 Å². The summed E-state index contributed by atoms with van der Waals surface area (Å²) in [7, 11) is 0. The molecule has 0 heterocycles. The van der Waals surface area contributed by atoms with Crippen LogP contribution in [-0.4, -0.2) is 11.2 Å². The number of halogens is 4. The Bertz CT molecular complexity index is 376. The van der Waals surface area contributed by atoms with E-state index in [0.717, 1.165) is 6.42 Å². The standard InChI is InChI=1S/C11H14Cl2FNO.ClH/c1-2-3-8(16)11(15)9-6(12)4-5-7(13)10(9)14;/h4-5,8,11,16H,2-3,15H2,1H3;1H/t8-,11-;/m0./s1. The average molecular weight is 303 g/mol. The van der Waals surface area contributed by atoms with Crippen LogP contribution in [0.3, 0.4) is 0 Å². The summed E-state index contributed by atoms with van der Waals surface area (Å²) in [5.41, 5.74) is 5.84. The Morgan fingerprint density at radius 1 is 1.35 bits per heavy atom. The van der Waals surface area contributed by atoms with Gasteiger partial charge in [0.05, 0.1) is 17.2 Å². The molecule has 0 bridgehead atoms. The monoisotopic (exact) mass is 301 g/mol. The SMILES string of the molecule is CCC[C@H](O)[C@H](N)c1c(Cl)ccc(Cl)c1F.Cl. The van der Waals surface area contributed by atoms with Crippen molar-refractivity contribution in [1.29, 1.82) is 0 Å². The Labute approximate surface area is 116 Å². The first-order valence-corrected chi connectivity index (χ1v) is 5.81.